The number of rotatable bonds is 19. The van der Waals surface area contributed by atoms with E-state index in [1.807, 2.05) is 0 Å². The normalized spacial score (nSPS) is 10.9. The SMILES string of the molecule is C=C(C)C(=O)OCCCc1cc(-c2ccc(-c3ccc(-c4ccc(C)cc4)cc3)cc2)cc(CCCOC(=O)C(=C)C)c1OCCC(CO)CO. The summed E-state index contributed by atoms with van der Waals surface area (Å²) in [6.07, 6.45) is 2.79. The van der Waals surface area contributed by atoms with Crippen molar-refractivity contribution in [2.24, 2.45) is 5.92 Å². The summed E-state index contributed by atoms with van der Waals surface area (Å²) in [7, 11) is 0. The smallest absolute Gasteiger partial charge is 0.333 e. The summed E-state index contributed by atoms with van der Waals surface area (Å²) in [5.74, 6) is -0.406. The van der Waals surface area contributed by atoms with Crippen molar-refractivity contribution in [2.45, 2.75) is 52.9 Å². The highest BCUT2D eigenvalue weighted by Crippen LogP contribution is 2.35. The van der Waals surface area contributed by atoms with Gasteiger partial charge in [0.15, 0.2) is 0 Å². The van der Waals surface area contributed by atoms with E-state index in [9.17, 15) is 19.8 Å². The van der Waals surface area contributed by atoms with Gasteiger partial charge in [-0.15, -0.1) is 0 Å². The highest BCUT2D eigenvalue weighted by atomic mass is 16.5. The van der Waals surface area contributed by atoms with Gasteiger partial charge in [0.25, 0.3) is 0 Å². The molecule has 4 aromatic carbocycles. The largest absolute Gasteiger partial charge is 0.493 e. The van der Waals surface area contributed by atoms with Crippen molar-refractivity contribution in [1.29, 1.82) is 0 Å². The Morgan fingerprint density at radius 1 is 0.608 bits per heavy atom. The highest BCUT2D eigenvalue weighted by molar-refractivity contribution is 5.87. The van der Waals surface area contributed by atoms with Crippen LogP contribution in [0.4, 0.5) is 0 Å². The van der Waals surface area contributed by atoms with E-state index >= 15 is 0 Å². The average Bonchev–Trinajstić information content (AvgIpc) is 3.14. The first-order valence-corrected chi connectivity index (χ1v) is 17.5. The molecule has 0 fully saturated rings. The van der Waals surface area contributed by atoms with E-state index in [2.05, 4.69) is 105 Å². The van der Waals surface area contributed by atoms with Crippen LogP contribution in [-0.2, 0) is 31.9 Å². The van der Waals surface area contributed by atoms with E-state index in [4.69, 9.17) is 14.2 Å². The average molecular weight is 691 g/mol. The van der Waals surface area contributed by atoms with Gasteiger partial charge in [0.1, 0.15) is 5.75 Å². The third kappa shape index (κ3) is 11.5. The molecule has 0 aromatic heterocycles. The fourth-order valence-electron chi connectivity index (χ4n) is 5.60. The zero-order chi connectivity index (χ0) is 36.8. The third-order valence-corrected chi connectivity index (χ3v) is 8.70. The Balaban J connectivity index is 1.62. The maximum atomic E-state index is 12.0. The monoisotopic (exact) mass is 690 g/mol. The van der Waals surface area contributed by atoms with Crippen LogP contribution >= 0.6 is 0 Å². The Hall–Kier alpha value is -4.98. The summed E-state index contributed by atoms with van der Waals surface area (Å²) < 4.78 is 17.1. The van der Waals surface area contributed by atoms with Crippen molar-refractivity contribution >= 4 is 11.9 Å². The van der Waals surface area contributed by atoms with Crippen LogP contribution in [0.3, 0.4) is 0 Å². The Labute approximate surface area is 302 Å². The molecule has 0 aliphatic rings. The van der Waals surface area contributed by atoms with E-state index in [0.29, 0.717) is 49.9 Å². The molecule has 0 bridgehead atoms. The molecule has 0 saturated heterocycles. The Bertz CT molecular complexity index is 1710. The summed E-state index contributed by atoms with van der Waals surface area (Å²) in [4.78, 5) is 24.0. The fourth-order valence-corrected chi connectivity index (χ4v) is 5.60. The van der Waals surface area contributed by atoms with Gasteiger partial charge in [-0.2, -0.15) is 0 Å². The van der Waals surface area contributed by atoms with Gasteiger partial charge in [-0.25, -0.2) is 9.59 Å². The number of aryl methyl sites for hydroxylation is 3. The van der Waals surface area contributed by atoms with Gasteiger partial charge in [0, 0.05) is 30.3 Å². The lowest BCUT2D eigenvalue weighted by atomic mass is 9.93. The van der Waals surface area contributed by atoms with Crippen molar-refractivity contribution in [1.82, 2.24) is 0 Å². The zero-order valence-corrected chi connectivity index (χ0v) is 30.1. The van der Waals surface area contributed by atoms with E-state index in [1.165, 1.54) is 16.7 Å². The van der Waals surface area contributed by atoms with Crippen LogP contribution < -0.4 is 4.74 Å². The molecule has 2 N–H and O–H groups in total. The highest BCUT2D eigenvalue weighted by Gasteiger charge is 2.17. The lowest BCUT2D eigenvalue weighted by molar-refractivity contribution is -0.139. The van der Waals surface area contributed by atoms with Crippen LogP contribution in [0.1, 0.15) is 49.8 Å². The molecule has 4 rings (SSSR count). The van der Waals surface area contributed by atoms with Gasteiger partial charge >= 0.3 is 11.9 Å². The van der Waals surface area contributed by atoms with Gasteiger partial charge in [0.2, 0.25) is 0 Å². The lowest BCUT2D eigenvalue weighted by Gasteiger charge is -2.20. The van der Waals surface area contributed by atoms with Crippen LogP contribution in [-0.4, -0.2) is 55.2 Å². The third-order valence-electron chi connectivity index (χ3n) is 8.70. The molecule has 0 aliphatic heterocycles. The Kier molecular flexibility index (Phi) is 14.8. The van der Waals surface area contributed by atoms with Crippen LogP contribution in [0.2, 0.25) is 0 Å². The number of hydrogen-bond donors (Lipinski definition) is 2. The number of aliphatic hydroxyl groups is 2. The molecular formula is C44H50O7. The quantitative estimate of drug-likeness (QED) is 0.0578. The summed E-state index contributed by atoms with van der Waals surface area (Å²) in [6, 6.07) is 29.8. The molecule has 0 radical (unpaired) electrons. The molecular weight excluding hydrogens is 640 g/mol. The summed E-state index contributed by atoms with van der Waals surface area (Å²) in [5, 5.41) is 19.2. The van der Waals surface area contributed by atoms with Crippen molar-refractivity contribution in [3.8, 4) is 39.1 Å². The Morgan fingerprint density at radius 2 is 0.980 bits per heavy atom. The van der Waals surface area contributed by atoms with E-state index in [1.54, 1.807) is 13.8 Å². The second kappa shape index (κ2) is 19.4. The first kappa shape index (κ1) is 38.8. The lowest BCUT2D eigenvalue weighted by Crippen LogP contribution is -2.16. The summed E-state index contributed by atoms with van der Waals surface area (Å²) >= 11 is 0. The Morgan fingerprint density at radius 3 is 1.35 bits per heavy atom. The minimum atomic E-state index is -0.422. The number of carbonyl (C=O) groups is 2. The van der Waals surface area contributed by atoms with Gasteiger partial charge in [-0.1, -0.05) is 91.5 Å². The van der Waals surface area contributed by atoms with Crippen LogP contribution in [0, 0.1) is 12.8 Å². The van der Waals surface area contributed by atoms with Crippen LogP contribution in [0.15, 0.2) is 109 Å². The molecule has 4 aromatic rings. The second-order valence-corrected chi connectivity index (χ2v) is 13.1. The number of hydrogen-bond acceptors (Lipinski definition) is 7. The maximum absolute atomic E-state index is 12.0. The van der Waals surface area contributed by atoms with E-state index in [-0.39, 0.29) is 32.3 Å². The molecule has 51 heavy (non-hydrogen) atoms. The number of benzene rings is 4. The predicted octanol–water partition coefficient (Wildman–Crippen LogP) is 8.47. The van der Waals surface area contributed by atoms with Crippen molar-refractivity contribution in [3.05, 3.63) is 126 Å². The summed E-state index contributed by atoms with van der Waals surface area (Å²) in [5.41, 5.74) is 10.5. The van der Waals surface area contributed by atoms with Gasteiger partial charge < -0.3 is 24.4 Å². The number of esters is 2. The van der Waals surface area contributed by atoms with Gasteiger partial charge in [0.05, 0.1) is 19.8 Å². The number of carbonyl (C=O) groups excluding carboxylic acids is 2. The van der Waals surface area contributed by atoms with Crippen molar-refractivity contribution in [2.75, 3.05) is 33.0 Å². The zero-order valence-electron chi connectivity index (χ0n) is 30.1. The van der Waals surface area contributed by atoms with Gasteiger partial charge in [-0.05, 0) is 110 Å². The maximum Gasteiger partial charge on any atom is 0.333 e. The van der Waals surface area contributed by atoms with Gasteiger partial charge in [-0.3, -0.25) is 0 Å². The number of ether oxygens (including phenoxy) is 3. The summed E-state index contributed by atoms with van der Waals surface area (Å²) in [6.45, 7) is 13.2. The molecule has 0 aliphatic carbocycles. The topological polar surface area (TPSA) is 102 Å². The van der Waals surface area contributed by atoms with E-state index in [0.717, 1.165) is 39.1 Å². The molecule has 7 heteroatoms. The molecule has 268 valence electrons. The molecule has 0 heterocycles. The van der Waals surface area contributed by atoms with Crippen molar-refractivity contribution in [3.63, 3.8) is 0 Å². The molecule has 0 atom stereocenters. The van der Waals surface area contributed by atoms with Crippen LogP contribution in [0.5, 0.6) is 5.75 Å². The molecule has 0 unspecified atom stereocenters. The second-order valence-electron chi connectivity index (χ2n) is 13.1. The van der Waals surface area contributed by atoms with E-state index < -0.39 is 11.9 Å². The molecule has 0 saturated carbocycles. The standard InChI is InChI=1S/C44H50O7/c1-30(2)43(47)50-23-6-8-39-26-41(27-40(9-7-24-51-44(48)31(3)4)42(39)49-25-22-33(28-45)29-46)38-20-18-37(19-21-38)36-16-14-35(15-17-36)34-12-10-32(5)11-13-34/h10-21,26-27,33,45-46H,1,3,6-9,22-25,28-29H2,2,4-5H3. The van der Waals surface area contributed by atoms with Crippen molar-refractivity contribution < 1.29 is 34.0 Å². The van der Waals surface area contributed by atoms with Crippen LogP contribution in [0.25, 0.3) is 33.4 Å². The first-order chi connectivity index (χ1) is 24.6. The molecule has 0 amide bonds. The predicted molar refractivity (Wildman–Crippen MR) is 203 cm³/mol. The minimum absolute atomic E-state index is 0.131. The first-order valence-electron chi connectivity index (χ1n) is 17.5. The molecule has 7 nitrogen and oxygen atoms in total. The molecule has 0 spiro atoms. The minimum Gasteiger partial charge on any atom is -0.493 e. The fraction of sp³-hybridized carbons (Fsp3) is 0.318. The number of aliphatic hydroxyl groups excluding tert-OH is 2.